The van der Waals surface area contributed by atoms with Crippen molar-refractivity contribution in [1.82, 2.24) is 20.6 Å². The number of benzene rings is 2. The van der Waals surface area contributed by atoms with Crippen LogP contribution in [-0.2, 0) is 4.79 Å². The Morgan fingerprint density at radius 1 is 1.09 bits per heavy atom. The number of nitrogens with zero attached hydrogens (tertiary/aromatic N) is 2. The zero-order valence-electron chi connectivity index (χ0n) is 20.4. The summed E-state index contributed by atoms with van der Waals surface area (Å²) in [6.45, 7) is 9.61. The van der Waals surface area contributed by atoms with Crippen LogP contribution in [0.1, 0.15) is 42.3 Å². The number of ether oxygens (including phenoxy) is 1. The molecule has 2 amide bonds. The highest BCUT2D eigenvalue weighted by Gasteiger charge is 2.26. The van der Waals surface area contributed by atoms with Gasteiger partial charge in [-0.15, -0.1) is 0 Å². The fourth-order valence-corrected chi connectivity index (χ4v) is 4.38. The van der Waals surface area contributed by atoms with E-state index in [4.69, 9.17) is 9.72 Å². The zero-order valence-corrected chi connectivity index (χ0v) is 21.2. The van der Waals surface area contributed by atoms with Crippen LogP contribution in [0.3, 0.4) is 0 Å². The van der Waals surface area contributed by atoms with E-state index in [0.29, 0.717) is 23.1 Å². The van der Waals surface area contributed by atoms with E-state index >= 15 is 0 Å². The lowest BCUT2D eigenvalue weighted by Crippen LogP contribution is -2.54. The summed E-state index contributed by atoms with van der Waals surface area (Å²) in [5.41, 5.74) is 3.82. The summed E-state index contributed by atoms with van der Waals surface area (Å²) in [6.07, 6.45) is 0. The first-order valence-corrected chi connectivity index (χ1v) is 12.1. The van der Waals surface area contributed by atoms with Gasteiger partial charge in [0.2, 0.25) is 17.7 Å². The molecule has 2 aromatic carbocycles. The Kier molecular flexibility index (Phi) is 6.98. The number of hydrogen-bond donors (Lipinski definition) is 3. The summed E-state index contributed by atoms with van der Waals surface area (Å²) in [4.78, 5) is 36.0. The Hall–Kier alpha value is -3.59. The van der Waals surface area contributed by atoms with Crippen LogP contribution >= 0.6 is 11.9 Å². The predicted octanol–water partition coefficient (Wildman–Crippen LogP) is 4.29. The van der Waals surface area contributed by atoms with Crippen LogP contribution in [0.25, 0.3) is 11.3 Å². The van der Waals surface area contributed by atoms with Crippen molar-refractivity contribution in [3.63, 3.8) is 0 Å². The van der Waals surface area contributed by atoms with E-state index in [2.05, 4.69) is 20.3 Å². The second-order valence-corrected chi connectivity index (χ2v) is 10.4. The van der Waals surface area contributed by atoms with Crippen molar-refractivity contribution in [3.8, 4) is 17.1 Å². The van der Waals surface area contributed by atoms with Gasteiger partial charge >= 0.3 is 0 Å². The van der Waals surface area contributed by atoms with Crippen molar-refractivity contribution < 1.29 is 14.3 Å². The van der Waals surface area contributed by atoms with E-state index in [1.165, 1.54) is 11.9 Å². The smallest absolute Gasteiger partial charge is 0.252 e. The summed E-state index contributed by atoms with van der Waals surface area (Å²) in [7, 11) is 0. The molecule has 1 unspecified atom stereocenters. The molecule has 4 bridgehead atoms. The van der Waals surface area contributed by atoms with E-state index in [0.717, 1.165) is 21.6 Å². The van der Waals surface area contributed by atoms with E-state index in [1.54, 1.807) is 24.3 Å². The number of rotatable bonds is 2. The number of amides is 2. The molecule has 1 aliphatic rings. The maximum Gasteiger partial charge on any atom is 0.252 e. The molecule has 0 saturated carbocycles. The molecule has 35 heavy (non-hydrogen) atoms. The number of fused-ring (bicyclic) bond motifs is 4. The fourth-order valence-electron chi connectivity index (χ4n) is 3.75. The molecule has 3 N–H and O–H groups in total. The van der Waals surface area contributed by atoms with Crippen molar-refractivity contribution in [1.29, 1.82) is 0 Å². The molecule has 1 aliphatic heterocycles. The van der Waals surface area contributed by atoms with Crippen LogP contribution in [0, 0.1) is 13.8 Å². The minimum Gasteiger partial charge on any atom is -0.475 e. The predicted molar refractivity (Wildman–Crippen MR) is 138 cm³/mol. The van der Waals surface area contributed by atoms with E-state index < -0.39 is 11.6 Å². The molecule has 1 atom stereocenters. The molecule has 8 nitrogen and oxygen atoms in total. The Morgan fingerprint density at radius 3 is 2.51 bits per heavy atom. The van der Waals surface area contributed by atoms with Gasteiger partial charge in [-0.05, 0) is 75.9 Å². The SMILES string of the molecule is Cc1cccc(C)c1-c1cc2nc(n1)NSc1cccc(c1)C(=O)NC(C(=O)NC(C)(C)C)CO2. The average molecular weight is 492 g/mol. The van der Waals surface area contributed by atoms with Gasteiger partial charge in [-0.25, -0.2) is 4.98 Å². The van der Waals surface area contributed by atoms with Crippen molar-refractivity contribution in [3.05, 3.63) is 65.2 Å². The normalized spacial score (nSPS) is 15.9. The Labute approximate surface area is 209 Å². The third kappa shape index (κ3) is 6.10. The quantitative estimate of drug-likeness (QED) is 0.460. The van der Waals surface area contributed by atoms with Crippen molar-refractivity contribution in [2.24, 2.45) is 0 Å². The molecule has 1 aromatic heterocycles. The lowest BCUT2D eigenvalue weighted by atomic mass is 10.00. The third-order valence-corrected chi connectivity index (χ3v) is 6.09. The minimum atomic E-state index is -0.922. The average Bonchev–Trinajstić information content (AvgIpc) is 2.79. The number of carbonyl (C=O) groups is 2. The van der Waals surface area contributed by atoms with Gasteiger partial charge < -0.3 is 15.4 Å². The highest BCUT2D eigenvalue weighted by atomic mass is 32.2. The Bertz CT molecular complexity index is 1250. The van der Waals surface area contributed by atoms with E-state index in [1.807, 2.05) is 58.9 Å². The molecular formula is C26H29N5O3S. The summed E-state index contributed by atoms with van der Waals surface area (Å²) >= 11 is 1.29. The molecule has 0 aliphatic carbocycles. The number of carbonyl (C=O) groups excluding carboxylic acids is 2. The zero-order chi connectivity index (χ0) is 25.2. The topological polar surface area (TPSA) is 105 Å². The van der Waals surface area contributed by atoms with Gasteiger partial charge in [-0.1, -0.05) is 24.3 Å². The third-order valence-electron chi connectivity index (χ3n) is 5.31. The monoisotopic (exact) mass is 491 g/mol. The first-order chi connectivity index (χ1) is 16.6. The minimum absolute atomic E-state index is 0.0941. The van der Waals surface area contributed by atoms with Crippen LogP contribution in [0.4, 0.5) is 5.95 Å². The Morgan fingerprint density at radius 2 is 1.80 bits per heavy atom. The maximum atomic E-state index is 13.0. The summed E-state index contributed by atoms with van der Waals surface area (Å²) in [6, 6.07) is 14.0. The van der Waals surface area contributed by atoms with Crippen LogP contribution in [0.2, 0.25) is 0 Å². The lowest BCUT2D eigenvalue weighted by Gasteiger charge is -2.25. The highest BCUT2D eigenvalue weighted by Crippen LogP contribution is 2.30. The largest absolute Gasteiger partial charge is 0.475 e. The second kappa shape index (κ2) is 9.95. The number of nitrogens with one attached hydrogen (secondary N) is 3. The number of aryl methyl sites for hydroxylation is 2. The van der Waals surface area contributed by atoms with Crippen LogP contribution in [-0.4, -0.2) is 40.0 Å². The molecule has 0 spiro atoms. The molecule has 2 heterocycles. The summed E-state index contributed by atoms with van der Waals surface area (Å²) in [5.74, 6) is -0.0358. The van der Waals surface area contributed by atoms with Gasteiger partial charge in [0.05, 0.1) is 5.69 Å². The van der Waals surface area contributed by atoms with Crippen molar-refractivity contribution >= 4 is 29.7 Å². The number of anilines is 1. The highest BCUT2D eigenvalue weighted by molar-refractivity contribution is 8.00. The number of hydrogen-bond acceptors (Lipinski definition) is 7. The number of aromatic nitrogens is 2. The molecule has 3 aromatic rings. The Balaban J connectivity index is 1.76. The van der Waals surface area contributed by atoms with E-state index in [9.17, 15) is 9.59 Å². The standard InChI is InChI=1S/C26H29N5O3S/c1-15-8-6-9-16(2)22(15)19-13-21-29-25(28-19)31-35-18-11-7-10-17(12-18)23(32)27-20(14-34-21)24(33)30-26(3,4)5/h6-13,20H,14H2,1-5H3,(H,27,32)(H,30,33)(H,28,29,31). The van der Waals surface area contributed by atoms with E-state index in [-0.39, 0.29) is 18.4 Å². The van der Waals surface area contributed by atoms with Crippen LogP contribution in [0.15, 0.2) is 53.4 Å². The first kappa shape index (κ1) is 24.5. The molecule has 0 fully saturated rings. The fraction of sp³-hybridized carbons (Fsp3) is 0.308. The molecular weight excluding hydrogens is 462 g/mol. The summed E-state index contributed by atoms with van der Waals surface area (Å²) in [5, 5.41) is 5.73. The van der Waals surface area contributed by atoms with Gasteiger partial charge in [0, 0.05) is 27.6 Å². The molecule has 9 heteroatoms. The van der Waals surface area contributed by atoms with Crippen molar-refractivity contribution in [2.45, 2.75) is 51.1 Å². The van der Waals surface area contributed by atoms with Gasteiger partial charge in [0.25, 0.3) is 5.91 Å². The maximum absolute atomic E-state index is 13.0. The molecule has 0 saturated heterocycles. The van der Waals surface area contributed by atoms with Crippen LogP contribution in [0.5, 0.6) is 5.88 Å². The molecule has 4 rings (SSSR count). The van der Waals surface area contributed by atoms with Gasteiger partial charge in [0.15, 0.2) is 0 Å². The summed E-state index contributed by atoms with van der Waals surface area (Å²) < 4.78 is 9.15. The van der Waals surface area contributed by atoms with Crippen molar-refractivity contribution in [2.75, 3.05) is 11.3 Å². The van der Waals surface area contributed by atoms with Gasteiger partial charge in [0.1, 0.15) is 12.6 Å². The van der Waals surface area contributed by atoms with Gasteiger partial charge in [-0.2, -0.15) is 4.98 Å². The van der Waals surface area contributed by atoms with Crippen LogP contribution < -0.4 is 20.1 Å². The first-order valence-electron chi connectivity index (χ1n) is 11.3. The molecule has 182 valence electrons. The molecule has 0 radical (unpaired) electrons. The second-order valence-electron chi connectivity index (χ2n) is 9.49. The van der Waals surface area contributed by atoms with Gasteiger partial charge in [-0.3, -0.25) is 14.3 Å². The lowest BCUT2D eigenvalue weighted by molar-refractivity contribution is -0.125.